The van der Waals surface area contributed by atoms with Gasteiger partial charge in [-0.05, 0) is 56.1 Å². The van der Waals surface area contributed by atoms with Crippen LogP contribution >= 0.6 is 22.6 Å². The fraction of sp³-hybridized carbons (Fsp3) is 1.00. The van der Waals surface area contributed by atoms with Crippen LogP contribution in [0.2, 0.25) is 19.6 Å². The van der Waals surface area contributed by atoms with Crippen LogP contribution in [0.15, 0.2) is 0 Å². The zero-order valence-corrected chi connectivity index (χ0v) is 9.94. The molecule has 0 aromatic rings. The lowest BCUT2D eigenvalue weighted by atomic mass is 10.5. The van der Waals surface area contributed by atoms with Crippen molar-refractivity contribution in [2.75, 3.05) is 0 Å². The first-order valence-electron chi connectivity index (χ1n) is 3.10. The number of rotatable bonds is 2. The molecule has 0 aliphatic heterocycles. The van der Waals surface area contributed by atoms with Crippen molar-refractivity contribution in [1.29, 1.82) is 0 Å². The Morgan fingerprint density at radius 3 is 1.56 bits per heavy atom. The van der Waals surface area contributed by atoms with Gasteiger partial charge in [-0.15, -0.1) is 0 Å². The second-order valence-corrected chi connectivity index (χ2v) is 10.6. The Kier molecular flexibility index (Phi) is 3.17. The summed E-state index contributed by atoms with van der Waals surface area (Å²) in [6, 6.07) is 0. The summed E-state index contributed by atoms with van der Waals surface area (Å²) in [5.74, 6) is 0. The number of halogens is 1. The van der Waals surface area contributed by atoms with E-state index in [2.05, 4.69) is 56.1 Å². The molecule has 0 saturated heterocycles. The highest BCUT2D eigenvalue weighted by Gasteiger charge is 2.23. The minimum absolute atomic E-state index is 0.0161. The SMILES string of the molecule is CC(C)(I)O[Si](C)(C)C. The van der Waals surface area contributed by atoms with Crippen molar-refractivity contribution in [3.63, 3.8) is 0 Å². The van der Waals surface area contributed by atoms with Crippen molar-refractivity contribution >= 4 is 30.9 Å². The first-order chi connectivity index (χ1) is 3.71. The topological polar surface area (TPSA) is 9.23 Å². The van der Waals surface area contributed by atoms with Crippen molar-refractivity contribution < 1.29 is 4.43 Å². The van der Waals surface area contributed by atoms with Crippen molar-refractivity contribution in [2.45, 2.75) is 37.1 Å². The van der Waals surface area contributed by atoms with E-state index in [9.17, 15) is 0 Å². The molecule has 0 heterocycles. The van der Waals surface area contributed by atoms with Crippen LogP contribution in [0.25, 0.3) is 0 Å². The van der Waals surface area contributed by atoms with Gasteiger partial charge in [0.2, 0.25) is 0 Å². The Morgan fingerprint density at radius 2 is 1.56 bits per heavy atom. The predicted octanol–water partition coefficient (Wildman–Crippen LogP) is 3.01. The molecule has 0 N–H and O–H groups in total. The van der Waals surface area contributed by atoms with Crippen LogP contribution < -0.4 is 0 Å². The summed E-state index contributed by atoms with van der Waals surface area (Å²) >= 11 is 2.31. The lowest BCUT2D eigenvalue weighted by Crippen LogP contribution is -2.33. The number of hydrogen-bond acceptors (Lipinski definition) is 1. The van der Waals surface area contributed by atoms with Gasteiger partial charge in [-0.2, -0.15) is 0 Å². The minimum Gasteiger partial charge on any atom is -0.404 e. The molecule has 0 saturated carbocycles. The molecule has 0 unspecified atom stereocenters. The van der Waals surface area contributed by atoms with E-state index in [1.807, 2.05) is 0 Å². The second-order valence-electron chi connectivity index (χ2n) is 3.58. The molecule has 0 rings (SSSR count). The largest absolute Gasteiger partial charge is 0.404 e. The molecule has 3 heteroatoms. The summed E-state index contributed by atoms with van der Waals surface area (Å²) in [7, 11) is -1.30. The fourth-order valence-electron chi connectivity index (χ4n) is 0.728. The zero-order chi connectivity index (χ0) is 7.71. The van der Waals surface area contributed by atoms with Crippen LogP contribution in [0.1, 0.15) is 13.8 Å². The van der Waals surface area contributed by atoms with Crippen molar-refractivity contribution in [1.82, 2.24) is 0 Å². The summed E-state index contributed by atoms with van der Waals surface area (Å²) in [4.78, 5) is 0. The third-order valence-corrected chi connectivity index (χ3v) is 2.31. The quantitative estimate of drug-likeness (QED) is 0.420. The van der Waals surface area contributed by atoms with Gasteiger partial charge in [-0.3, -0.25) is 0 Å². The Hall–Kier alpha value is 0.907. The Labute approximate surface area is 72.4 Å². The smallest absolute Gasteiger partial charge is 0.185 e. The number of alkyl halides is 1. The third-order valence-electron chi connectivity index (χ3n) is 0.549. The van der Waals surface area contributed by atoms with Crippen LogP contribution in [0, 0.1) is 0 Å². The Morgan fingerprint density at radius 1 is 1.22 bits per heavy atom. The van der Waals surface area contributed by atoms with E-state index in [0.29, 0.717) is 0 Å². The van der Waals surface area contributed by atoms with Gasteiger partial charge in [0.15, 0.2) is 8.32 Å². The average Bonchev–Trinajstić information content (AvgIpc) is 1.14. The minimum atomic E-state index is -1.30. The van der Waals surface area contributed by atoms with Crippen LogP contribution in [-0.4, -0.2) is 11.9 Å². The highest BCUT2D eigenvalue weighted by atomic mass is 127. The molecule has 0 fully saturated rings. The molecular weight excluding hydrogens is 243 g/mol. The molecule has 0 aliphatic carbocycles. The van der Waals surface area contributed by atoms with E-state index < -0.39 is 8.32 Å². The van der Waals surface area contributed by atoms with E-state index in [-0.39, 0.29) is 3.61 Å². The molecule has 0 atom stereocenters. The van der Waals surface area contributed by atoms with Crippen LogP contribution in [0.3, 0.4) is 0 Å². The molecule has 0 aliphatic rings. The Bertz CT molecular complexity index is 78.2. The van der Waals surface area contributed by atoms with Gasteiger partial charge < -0.3 is 4.43 Å². The molecule has 56 valence electrons. The lowest BCUT2D eigenvalue weighted by molar-refractivity contribution is 0.217. The first-order valence-corrected chi connectivity index (χ1v) is 7.58. The van der Waals surface area contributed by atoms with Gasteiger partial charge in [0.25, 0.3) is 0 Å². The van der Waals surface area contributed by atoms with Crippen LogP contribution in [0.5, 0.6) is 0 Å². The van der Waals surface area contributed by atoms with Crippen LogP contribution in [0.4, 0.5) is 0 Å². The van der Waals surface area contributed by atoms with Gasteiger partial charge in [-0.25, -0.2) is 0 Å². The third kappa shape index (κ3) is 8.91. The average molecular weight is 258 g/mol. The highest BCUT2D eigenvalue weighted by molar-refractivity contribution is 14.1. The highest BCUT2D eigenvalue weighted by Crippen LogP contribution is 2.23. The first kappa shape index (κ1) is 9.91. The second kappa shape index (κ2) is 2.88. The van der Waals surface area contributed by atoms with E-state index in [1.54, 1.807) is 0 Å². The van der Waals surface area contributed by atoms with Gasteiger partial charge in [0, 0.05) is 0 Å². The van der Waals surface area contributed by atoms with Crippen molar-refractivity contribution in [3.8, 4) is 0 Å². The maximum Gasteiger partial charge on any atom is 0.185 e. The summed E-state index contributed by atoms with van der Waals surface area (Å²) in [5.41, 5.74) is 0. The summed E-state index contributed by atoms with van der Waals surface area (Å²) in [6.07, 6.45) is 0. The Balaban J connectivity index is 3.75. The van der Waals surface area contributed by atoms with Gasteiger partial charge in [0.05, 0.1) is 0 Å². The predicted molar refractivity (Wildman–Crippen MR) is 52.5 cm³/mol. The van der Waals surface area contributed by atoms with E-state index in [0.717, 1.165) is 0 Å². The lowest BCUT2D eigenvalue weighted by Gasteiger charge is -2.27. The summed E-state index contributed by atoms with van der Waals surface area (Å²) in [5, 5.41) is 0. The molecule has 0 amide bonds. The van der Waals surface area contributed by atoms with E-state index >= 15 is 0 Å². The van der Waals surface area contributed by atoms with E-state index in [1.165, 1.54) is 0 Å². The van der Waals surface area contributed by atoms with E-state index in [4.69, 9.17) is 4.43 Å². The maximum absolute atomic E-state index is 5.75. The van der Waals surface area contributed by atoms with Gasteiger partial charge in [0.1, 0.15) is 3.61 Å². The molecule has 0 aromatic carbocycles. The summed E-state index contributed by atoms with van der Waals surface area (Å²) < 4.78 is 5.77. The number of hydrogen-bond donors (Lipinski definition) is 0. The van der Waals surface area contributed by atoms with Crippen LogP contribution in [-0.2, 0) is 4.43 Å². The molecule has 0 radical (unpaired) electrons. The standard InChI is InChI=1S/C6H15IOSi/c1-6(2,7)8-9(3,4)5/h1-5H3. The molecule has 0 spiro atoms. The fourth-order valence-corrected chi connectivity index (χ4v) is 4.17. The molecule has 9 heavy (non-hydrogen) atoms. The molecule has 0 bridgehead atoms. The monoisotopic (exact) mass is 258 g/mol. The van der Waals surface area contributed by atoms with Crippen molar-refractivity contribution in [3.05, 3.63) is 0 Å². The normalized spacial score (nSPS) is 14.0. The molecule has 1 nitrogen and oxygen atoms in total. The van der Waals surface area contributed by atoms with Gasteiger partial charge >= 0.3 is 0 Å². The van der Waals surface area contributed by atoms with Crippen molar-refractivity contribution in [2.24, 2.45) is 0 Å². The maximum atomic E-state index is 5.75. The molecular formula is C6H15IOSi. The zero-order valence-electron chi connectivity index (χ0n) is 6.79. The van der Waals surface area contributed by atoms with Gasteiger partial charge in [-0.1, -0.05) is 0 Å². The summed E-state index contributed by atoms with van der Waals surface area (Å²) in [6.45, 7) is 10.8. The molecule has 0 aromatic heterocycles.